The van der Waals surface area contributed by atoms with Crippen LogP contribution in [0.4, 0.5) is 0 Å². The molecule has 3 aromatic rings. The van der Waals surface area contributed by atoms with E-state index in [0.29, 0.717) is 0 Å². The summed E-state index contributed by atoms with van der Waals surface area (Å²) in [5, 5.41) is 0. The second-order valence-electron chi connectivity index (χ2n) is 9.46. The summed E-state index contributed by atoms with van der Waals surface area (Å²) in [6.45, 7) is 6.79. The fourth-order valence-corrected chi connectivity index (χ4v) is 6.42. The molecule has 2 bridgehead atoms. The SMILES string of the molecule is Cc1ccc2c(c1)-c1c(C)cc(C)c(-c3cc4c(c[n+]3C)C3CCC4C3)c1C2. The predicted molar refractivity (Wildman–Crippen MR) is 115 cm³/mol. The molecule has 3 aliphatic rings. The van der Waals surface area contributed by atoms with Crippen LogP contribution >= 0.6 is 0 Å². The summed E-state index contributed by atoms with van der Waals surface area (Å²) in [5.41, 5.74) is 16.3. The minimum Gasteiger partial charge on any atom is -0.201 e. The van der Waals surface area contributed by atoms with Crippen LogP contribution in [0.3, 0.4) is 0 Å². The Morgan fingerprint density at radius 3 is 2.43 bits per heavy atom. The number of nitrogens with zero attached hydrogens (tertiary/aromatic N) is 1. The monoisotopic (exact) mass is 366 g/mol. The van der Waals surface area contributed by atoms with Crippen LogP contribution in [-0.2, 0) is 13.5 Å². The zero-order valence-electron chi connectivity index (χ0n) is 17.4. The van der Waals surface area contributed by atoms with Gasteiger partial charge in [-0.05, 0) is 97.2 Å². The molecule has 1 nitrogen and oxygen atoms in total. The zero-order chi connectivity index (χ0) is 19.2. The van der Waals surface area contributed by atoms with Crippen molar-refractivity contribution in [3.8, 4) is 22.4 Å². The second kappa shape index (κ2) is 5.56. The molecule has 1 saturated carbocycles. The van der Waals surface area contributed by atoms with Crippen LogP contribution in [-0.4, -0.2) is 0 Å². The average molecular weight is 367 g/mol. The Bertz CT molecular complexity index is 1170. The van der Waals surface area contributed by atoms with Crippen molar-refractivity contribution >= 4 is 0 Å². The number of aromatic nitrogens is 1. The highest BCUT2D eigenvalue weighted by atomic mass is 14.9. The van der Waals surface area contributed by atoms with E-state index in [4.69, 9.17) is 0 Å². The van der Waals surface area contributed by atoms with Crippen molar-refractivity contribution in [2.24, 2.45) is 7.05 Å². The van der Waals surface area contributed by atoms with Gasteiger partial charge in [0.2, 0.25) is 5.69 Å². The van der Waals surface area contributed by atoms with Gasteiger partial charge in [-0.15, -0.1) is 0 Å². The molecule has 1 aromatic heterocycles. The number of aryl methyl sites for hydroxylation is 4. The standard InChI is InChI=1S/C27H28N/c1-15-5-6-20-12-23-26(22(20)9-15)16(2)10-17(3)27(23)25-13-21-18-7-8-19(11-18)24(21)14-28(25)4/h5-6,9-10,13-14,18-19H,7-8,11-12H2,1-4H3/q+1. The van der Waals surface area contributed by atoms with Gasteiger partial charge < -0.3 is 0 Å². The maximum absolute atomic E-state index is 2.55. The van der Waals surface area contributed by atoms with Crippen LogP contribution in [0.5, 0.6) is 0 Å². The first-order chi connectivity index (χ1) is 13.5. The van der Waals surface area contributed by atoms with E-state index in [1.807, 2.05) is 0 Å². The highest BCUT2D eigenvalue weighted by Crippen LogP contribution is 2.53. The largest absolute Gasteiger partial charge is 0.213 e. The van der Waals surface area contributed by atoms with Crippen LogP contribution in [0, 0.1) is 20.8 Å². The molecule has 28 heavy (non-hydrogen) atoms. The summed E-state index contributed by atoms with van der Waals surface area (Å²) in [4.78, 5) is 0. The number of hydrogen-bond acceptors (Lipinski definition) is 0. The molecule has 1 heteroatoms. The predicted octanol–water partition coefficient (Wildman–Crippen LogP) is 6.04. The molecular formula is C27H28N+. The van der Waals surface area contributed by atoms with Gasteiger partial charge in [-0.2, -0.15) is 0 Å². The molecule has 0 aliphatic heterocycles. The lowest BCUT2D eigenvalue weighted by atomic mass is 9.87. The lowest BCUT2D eigenvalue weighted by Crippen LogP contribution is -2.32. The average Bonchev–Trinajstić information content (AvgIpc) is 3.34. The fourth-order valence-electron chi connectivity index (χ4n) is 6.42. The minimum absolute atomic E-state index is 0.804. The number of hydrogen-bond donors (Lipinski definition) is 0. The van der Waals surface area contributed by atoms with Crippen molar-refractivity contribution in [1.82, 2.24) is 0 Å². The molecule has 1 heterocycles. The van der Waals surface area contributed by atoms with Crippen molar-refractivity contribution in [2.45, 2.75) is 58.3 Å². The van der Waals surface area contributed by atoms with E-state index in [-0.39, 0.29) is 0 Å². The normalized spacial score (nSPS) is 21.0. The Kier molecular flexibility index (Phi) is 3.29. The lowest BCUT2D eigenvalue weighted by Gasteiger charge is -2.18. The summed E-state index contributed by atoms with van der Waals surface area (Å²) < 4.78 is 2.41. The number of benzene rings is 2. The van der Waals surface area contributed by atoms with E-state index in [9.17, 15) is 0 Å². The van der Waals surface area contributed by atoms with E-state index in [1.54, 1.807) is 11.1 Å². The van der Waals surface area contributed by atoms with Crippen LogP contribution in [0.15, 0.2) is 36.5 Å². The summed E-state index contributed by atoms with van der Waals surface area (Å²) in [6.07, 6.45) is 7.68. The number of fused-ring (bicyclic) bond motifs is 8. The smallest absolute Gasteiger partial charge is 0.201 e. The van der Waals surface area contributed by atoms with E-state index >= 15 is 0 Å². The maximum atomic E-state index is 2.55. The van der Waals surface area contributed by atoms with Crippen LogP contribution < -0.4 is 4.57 Å². The first-order valence-electron chi connectivity index (χ1n) is 10.8. The molecule has 0 radical (unpaired) electrons. The topological polar surface area (TPSA) is 3.88 Å². The van der Waals surface area contributed by atoms with Crippen molar-refractivity contribution in [2.75, 3.05) is 0 Å². The first kappa shape index (κ1) is 16.5. The number of rotatable bonds is 1. The molecule has 2 atom stereocenters. The van der Waals surface area contributed by atoms with Gasteiger partial charge in [0.25, 0.3) is 0 Å². The summed E-state index contributed by atoms with van der Waals surface area (Å²) in [5.74, 6) is 1.62. The Balaban J connectivity index is 1.61. The molecule has 2 unspecified atom stereocenters. The van der Waals surface area contributed by atoms with Gasteiger partial charge in [-0.1, -0.05) is 29.8 Å². The van der Waals surface area contributed by atoms with E-state index in [2.05, 4.69) is 68.9 Å². The maximum Gasteiger partial charge on any atom is 0.213 e. The van der Waals surface area contributed by atoms with Gasteiger partial charge in [-0.3, -0.25) is 0 Å². The third-order valence-electron chi connectivity index (χ3n) is 7.63. The Labute approximate surface area is 168 Å². The molecule has 0 spiro atoms. The quantitative estimate of drug-likeness (QED) is 0.362. The molecule has 2 aromatic carbocycles. The Hall–Kier alpha value is -2.41. The van der Waals surface area contributed by atoms with Gasteiger partial charge in [0.05, 0.1) is 5.56 Å². The van der Waals surface area contributed by atoms with Crippen molar-refractivity contribution in [3.05, 3.63) is 75.5 Å². The van der Waals surface area contributed by atoms with Crippen LogP contribution in [0.2, 0.25) is 0 Å². The van der Waals surface area contributed by atoms with E-state index in [0.717, 1.165) is 18.3 Å². The van der Waals surface area contributed by atoms with Gasteiger partial charge >= 0.3 is 0 Å². The van der Waals surface area contributed by atoms with E-state index < -0.39 is 0 Å². The first-order valence-corrected chi connectivity index (χ1v) is 10.8. The van der Waals surface area contributed by atoms with Crippen molar-refractivity contribution in [1.29, 1.82) is 0 Å². The lowest BCUT2D eigenvalue weighted by molar-refractivity contribution is -0.660. The Morgan fingerprint density at radius 1 is 0.857 bits per heavy atom. The molecule has 0 amide bonds. The molecular weight excluding hydrogens is 338 g/mol. The third kappa shape index (κ3) is 2.11. The van der Waals surface area contributed by atoms with Gasteiger partial charge in [-0.25, -0.2) is 4.57 Å². The molecule has 0 N–H and O–H groups in total. The number of pyridine rings is 1. The molecule has 3 aliphatic carbocycles. The molecule has 6 rings (SSSR count). The fraction of sp³-hybridized carbons (Fsp3) is 0.370. The highest BCUT2D eigenvalue weighted by molar-refractivity contribution is 5.87. The third-order valence-corrected chi connectivity index (χ3v) is 7.63. The zero-order valence-corrected chi connectivity index (χ0v) is 17.4. The van der Waals surface area contributed by atoms with Crippen molar-refractivity contribution < 1.29 is 4.57 Å². The van der Waals surface area contributed by atoms with E-state index in [1.165, 1.54) is 69.5 Å². The van der Waals surface area contributed by atoms with Gasteiger partial charge in [0.15, 0.2) is 6.20 Å². The molecule has 0 saturated heterocycles. The molecule has 140 valence electrons. The summed E-state index contributed by atoms with van der Waals surface area (Å²) >= 11 is 0. The second-order valence-corrected chi connectivity index (χ2v) is 9.46. The van der Waals surface area contributed by atoms with Gasteiger partial charge in [0.1, 0.15) is 7.05 Å². The highest BCUT2D eigenvalue weighted by Gasteiger charge is 2.40. The van der Waals surface area contributed by atoms with Gasteiger partial charge in [0, 0.05) is 11.6 Å². The Morgan fingerprint density at radius 2 is 1.61 bits per heavy atom. The van der Waals surface area contributed by atoms with Crippen LogP contribution in [0.1, 0.15) is 70.0 Å². The summed E-state index contributed by atoms with van der Waals surface area (Å²) in [7, 11) is 2.25. The minimum atomic E-state index is 0.804. The van der Waals surface area contributed by atoms with Crippen molar-refractivity contribution in [3.63, 3.8) is 0 Å². The molecule has 1 fully saturated rings. The summed E-state index contributed by atoms with van der Waals surface area (Å²) in [6, 6.07) is 11.9. The van der Waals surface area contributed by atoms with Crippen LogP contribution in [0.25, 0.3) is 22.4 Å².